The van der Waals surface area contributed by atoms with Crippen LogP contribution >= 0.6 is 58.0 Å². The number of rotatable bonds is 10. The van der Waals surface area contributed by atoms with Gasteiger partial charge in [-0.3, -0.25) is 28.6 Å². The second-order valence-corrected chi connectivity index (χ2v) is 22.6. The van der Waals surface area contributed by atoms with Crippen LogP contribution in [0.25, 0.3) is 56.1 Å². The molecule has 2 fully saturated rings. The SMILES string of the molecule is CC(C)N1CCCC[C@H]1C(C)(C)N.CC(C)N1CCCC[C@H]1C(C)(C)Nc1nc(-c2ccncc2)c(-c2ccc(Cl)c(Cl)c2)c2nccn12.Clc1ccc(-c2c(-c3ccncc3)nc(Cl)n3ccnc23)cc1Cl. The summed E-state index contributed by atoms with van der Waals surface area (Å²) in [4.78, 5) is 32.4. The van der Waals surface area contributed by atoms with Crippen LogP contribution in [0.2, 0.25) is 25.4 Å². The zero-order valence-electron chi connectivity index (χ0n) is 42.8. The van der Waals surface area contributed by atoms with Gasteiger partial charge in [-0.25, -0.2) is 19.9 Å². The van der Waals surface area contributed by atoms with Gasteiger partial charge >= 0.3 is 0 Å². The van der Waals surface area contributed by atoms with Gasteiger partial charge < -0.3 is 11.1 Å². The molecule has 17 heteroatoms. The summed E-state index contributed by atoms with van der Waals surface area (Å²) in [5, 5.41) is 6.12. The van der Waals surface area contributed by atoms with E-state index in [4.69, 9.17) is 73.7 Å². The lowest BCUT2D eigenvalue weighted by atomic mass is 9.85. The van der Waals surface area contributed by atoms with E-state index >= 15 is 0 Å². The lowest BCUT2D eigenvalue weighted by Crippen LogP contribution is -2.58. The molecule has 0 spiro atoms. The first-order valence-corrected chi connectivity index (χ1v) is 26.9. The molecule has 2 saturated heterocycles. The summed E-state index contributed by atoms with van der Waals surface area (Å²) in [6, 6.07) is 20.9. The summed E-state index contributed by atoms with van der Waals surface area (Å²) >= 11 is 31.2. The van der Waals surface area contributed by atoms with Gasteiger partial charge in [0.1, 0.15) is 11.3 Å². The number of nitrogens with zero attached hydrogens (tertiary/aromatic N) is 10. The highest BCUT2D eigenvalue weighted by Gasteiger charge is 2.38. The number of halogens is 5. The number of piperidine rings is 2. The number of anilines is 1. The Morgan fingerprint density at radius 1 is 0.548 bits per heavy atom. The molecule has 2 aromatic carbocycles. The van der Waals surface area contributed by atoms with E-state index < -0.39 is 0 Å². The van der Waals surface area contributed by atoms with Crippen LogP contribution in [0.5, 0.6) is 0 Å². The average Bonchev–Trinajstić information content (AvgIpc) is 4.09. The number of hydrogen-bond donors (Lipinski definition) is 2. The van der Waals surface area contributed by atoms with E-state index in [2.05, 4.69) is 90.4 Å². The molecule has 8 heterocycles. The number of imidazole rings is 2. The molecule has 2 aliphatic rings. The van der Waals surface area contributed by atoms with Crippen molar-refractivity contribution in [1.29, 1.82) is 0 Å². The third-order valence-corrected chi connectivity index (χ3v) is 15.7. The minimum absolute atomic E-state index is 0.0509. The number of fused-ring (bicyclic) bond motifs is 2. The summed E-state index contributed by atoms with van der Waals surface area (Å²) in [7, 11) is 0. The van der Waals surface area contributed by atoms with Crippen molar-refractivity contribution in [1.82, 2.24) is 48.5 Å². The Morgan fingerprint density at radius 3 is 1.47 bits per heavy atom. The fourth-order valence-electron chi connectivity index (χ4n) is 10.4. The minimum Gasteiger partial charge on any atom is -0.349 e. The molecule has 2 aliphatic heterocycles. The molecule has 3 N–H and O–H groups in total. The summed E-state index contributed by atoms with van der Waals surface area (Å²) in [6.45, 7) is 20.3. The van der Waals surface area contributed by atoms with E-state index in [1.807, 2.05) is 65.3 Å². The van der Waals surface area contributed by atoms with Crippen LogP contribution in [0, 0.1) is 0 Å². The van der Waals surface area contributed by atoms with Crippen molar-refractivity contribution in [3.8, 4) is 44.8 Å². The van der Waals surface area contributed by atoms with Crippen LogP contribution in [0.1, 0.15) is 93.9 Å². The smallest absolute Gasteiger partial charge is 0.209 e. The predicted molar refractivity (Wildman–Crippen MR) is 303 cm³/mol. The lowest BCUT2D eigenvalue weighted by molar-refractivity contribution is 0.0674. The van der Waals surface area contributed by atoms with Gasteiger partial charge in [-0.2, -0.15) is 0 Å². The topological polar surface area (TPSA) is 131 Å². The largest absolute Gasteiger partial charge is 0.349 e. The van der Waals surface area contributed by atoms with Crippen molar-refractivity contribution < 1.29 is 0 Å². The fourth-order valence-corrected chi connectivity index (χ4v) is 11.2. The molecule has 0 radical (unpaired) electrons. The van der Waals surface area contributed by atoms with E-state index in [-0.39, 0.29) is 11.1 Å². The van der Waals surface area contributed by atoms with Gasteiger partial charge in [-0.1, -0.05) is 71.4 Å². The van der Waals surface area contributed by atoms with Crippen molar-refractivity contribution in [3.63, 3.8) is 0 Å². The maximum atomic E-state index is 6.42. The van der Waals surface area contributed by atoms with Gasteiger partial charge in [0, 0.05) is 90.4 Å². The molecule has 384 valence electrons. The maximum absolute atomic E-state index is 6.42. The molecular formula is C56H65Cl5N12. The number of benzene rings is 2. The monoisotopic (exact) mass is 1080 g/mol. The Morgan fingerprint density at radius 2 is 1.00 bits per heavy atom. The molecule has 10 rings (SSSR count). The van der Waals surface area contributed by atoms with Crippen LogP contribution < -0.4 is 11.1 Å². The van der Waals surface area contributed by atoms with Gasteiger partial charge in [-0.05, 0) is 165 Å². The molecule has 2 atom stereocenters. The number of nitrogens with one attached hydrogen (secondary N) is 1. The second-order valence-electron chi connectivity index (χ2n) is 20.6. The zero-order chi connectivity index (χ0) is 52.2. The Bertz CT molecular complexity index is 3130. The number of likely N-dealkylation sites (tertiary alicyclic amines) is 2. The average molecular weight is 1080 g/mol. The van der Waals surface area contributed by atoms with Crippen LogP contribution in [0.4, 0.5) is 5.95 Å². The molecular weight excluding hydrogens is 1020 g/mol. The Labute approximate surface area is 454 Å². The van der Waals surface area contributed by atoms with E-state index in [1.54, 1.807) is 53.7 Å². The molecule has 0 unspecified atom stereocenters. The highest BCUT2D eigenvalue weighted by molar-refractivity contribution is 6.42. The van der Waals surface area contributed by atoms with Gasteiger partial charge in [0.05, 0.1) is 48.1 Å². The van der Waals surface area contributed by atoms with E-state index in [9.17, 15) is 0 Å². The van der Waals surface area contributed by atoms with Crippen LogP contribution in [0.15, 0.2) is 110 Å². The van der Waals surface area contributed by atoms with Crippen LogP contribution in [0.3, 0.4) is 0 Å². The first-order chi connectivity index (χ1) is 34.8. The number of pyridine rings is 2. The third kappa shape index (κ3) is 12.3. The Kier molecular flexibility index (Phi) is 17.4. The highest BCUT2D eigenvalue weighted by atomic mass is 35.5. The van der Waals surface area contributed by atoms with Crippen molar-refractivity contribution in [2.75, 3.05) is 18.4 Å². The minimum atomic E-state index is -0.213. The molecule has 0 bridgehead atoms. The number of hydrogen-bond acceptors (Lipinski definition) is 10. The third-order valence-electron chi connectivity index (χ3n) is 13.9. The zero-order valence-corrected chi connectivity index (χ0v) is 46.6. The first kappa shape index (κ1) is 54.4. The van der Waals surface area contributed by atoms with Crippen molar-refractivity contribution >= 4 is 75.2 Å². The van der Waals surface area contributed by atoms with Gasteiger partial charge in [0.2, 0.25) is 11.2 Å². The summed E-state index contributed by atoms with van der Waals surface area (Å²) in [6.07, 6.45) is 21.8. The lowest BCUT2D eigenvalue weighted by Gasteiger charge is -2.47. The van der Waals surface area contributed by atoms with Gasteiger partial charge in [0.15, 0.2) is 0 Å². The Hall–Kier alpha value is -4.89. The predicted octanol–water partition coefficient (Wildman–Crippen LogP) is 14.6. The summed E-state index contributed by atoms with van der Waals surface area (Å²) in [5.74, 6) is 0.761. The molecule has 73 heavy (non-hydrogen) atoms. The van der Waals surface area contributed by atoms with E-state index in [0.717, 1.165) is 63.6 Å². The van der Waals surface area contributed by atoms with E-state index in [0.29, 0.717) is 60.9 Å². The summed E-state index contributed by atoms with van der Waals surface area (Å²) in [5.41, 5.74) is 14.3. The fraction of sp³-hybridized carbons (Fsp3) is 0.393. The van der Waals surface area contributed by atoms with Gasteiger partial charge in [-0.15, -0.1) is 0 Å². The molecule has 8 aromatic rings. The molecule has 0 saturated carbocycles. The molecule has 0 amide bonds. The first-order valence-electron chi connectivity index (χ1n) is 25.0. The molecule has 6 aromatic heterocycles. The highest BCUT2D eigenvalue weighted by Crippen LogP contribution is 2.40. The molecule has 12 nitrogen and oxygen atoms in total. The summed E-state index contributed by atoms with van der Waals surface area (Å²) < 4.78 is 3.76. The normalized spacial score (nSPS) is 16.9. The van der Waals surface area contributed by atoms with Crippen molar-refractivity contribution in [3.05, 3.63) is 136 Å². The quantitative estimate of drug-likeness (QED) is 0.128. The van der Waals surface area contributed by atoms with Gasteiger partial charge in [0.25, 0.3) is 0 Å². The standard InChI is InChI=1S/C28H32Cl2N6.C17H9Cl3N4.C11H24N2/c1-18(2)35-15-6-5-7-23(35)28(3,4)34-27-33-25(19-10-12-31-13-11-19)24(26-32-14-16-36(26)27)20-8-9-21(29)22(30)17-20;18-12-2-1-11(9-13(12)19)14-15(10-3-5-21-6-4-10)23-17(20)24-8-7-22-16(14)24;1-9(2)13-8-6-5-7-10(13)11(3,4)12/h8-14,16-18,23H,5-7,15H2,1-4H3,(H,33,34);1-9H;9-10H,5-8,12H2,1-4H3/t23-;;10-/m0.0/s1. The molecule has 0 aliphatic carbocycles. The van der Waals surface area contributed by atoms with Crippen molar-refractivity contribution in [2.24, 2.45) is 5.73 Å². The van der Waals surface area contributed by atoms with Crippen LogP contribution in [-0.4, -0.2) is 96.8 Å². The Balaban J connectivity index is 0.000000164. The second kappa shape index (κ2) is 23.3. The van der Waals surface area contributed by atoms with Crippen molar-refractivity contribution in [2.45, 2.75) is 129 Å². The number of aromatic nitrogens is 8. The van der Waals surface area contributed by atoms with Crippen LogP contribution in [-0.2, 0) is 0 Å². The van der Waals surface area contributed by atoms with E-state index in [1.165, 1.54) is 38.6 Å². The maximum Gasteiger partial charge on any atom is 0.209 e. The number of nitrogens with two attached hydrogens (primary N) is 1.